The van der Waals surface area contributed by atoms with Crippen LogP contribution in [-0.4, -0.2) is 41.2 Å². The lowest BCUT2D eigenvalue weighted by molar-refractivity contribution is -0.256. The lowest BCUT2D eigenvalue weighted by Crippen LogP contribution is -2.53. The highest BCUT2D eigenvalue weighted by Crippen LogP contribution is 2.22. The first-order chi connectivity index (χ1) is 8.86. The number of hydrogen-bond donors (Lipinski definition) is 1. The SMILES string of the molecule is O=C(Nc1ncco1)C1CN(OC(=O)C(F)(F)F)C1. The standard InChI is InChI=1S/C9H8F3N3O4/c10-9(11,12)7(17)19-15-3-5(4-15)6(16)14-8-13-1-2-18-8/h1-2,5H,3-4H2,(H,13,14,16). The molecule has 2 rings (SSSR count). The predicted octanol–water partition coefficient (Wildman–Crippen LogP) is 0.565. The summed E-state index contributed by atoms with van der Waals surface area (Å²) < 4.78 is 40.4. The molecule has 1 N–H and O–H groups in total. The van der Waals surface area contributed by atoms with E-state index in [9.17, 15) is 22.8 Å². The first-order valence-electron chi connectivity index (χ1n) is 5.10. The number of halogens is 3. The molecule has 104 valence electrons. The van der Waals surface area contributed by atoms with Crippen molar-refractivity contribution >= 4 is 17.9 Å². The van der Waals surface area contributed by atoms with Crippen LogP contribution in [0.15, 0.2) is 16.9 Å². The number of nitrogens with one attached hydrogen (secondary N) is 1. The van der Waals surface area contributed by atoms with Gasteiger partial charge in [0.05, 0.1) is 12.1 Å². The number of amides is 1. The summed E-state index contributed by atoms with van der Waals surface area (Å²) in [5.41, 5.74) is 0. The second-order valence-electron chi connectivity index (χ2n) is 3.75. The Morgan fingerprint density at radius 1 is 1.47 bits per heavy atom. The van der Waals surface area contributed by atoms with Gasteiger partial charge in [-0.2, -0.15) is 13.2 Å². The monoisotopic (exact) mass is 279 g/mol. The maximum atomic E-state index is 11.9. The summed E-state index contributed by atoms with van der Waals surface area (Å²) in [6.45, 7) is -0.233. The average molecular weight is 279 g/mol. The highest BCUT2D eigenvalue weighted by atomic mass is 19.4. The smallest absolute Gasteiger partial charge is 0.432 e. The van der Waals surface area contributed by atoms with Crippen molar-refractivity contribution in [1.82, 2.24) is 10.0 Å². The molecule has 1 fully saturated rings. The van der Waals surface area contributed by atoms with Gasteiger partial charge in [0, 0.05) is 13.1 Å². The second-order valence-corrected chi connectivity index (χ2v) is 3.75. The van der Waals surface area contributed by atoms with Crippen molar-refractivity contribution in [3.05, 3.63) is 12.5 Å². The molecule has 1 aromatic heterocycles. The van der Waals surface area contributed by atoms with Gasteiger partial charge in [-0.3, -0.25) is 10.1 Å². The number of hydrogen-bond acceptors (Lipinski definition) is 6. The van der Waals surface area contributed by atoms with Crippen molar-refractivity contribution < 1.29 is 32.0 Å². The number of carbonyl (C=O) groups excluding carboxylic acids is 2. The lowest BCUT2D eigenvalue weighted by atomic mass is 10.0. The van der Waals surface area contributed by atoms with E-state index in [4.69, 9.17) is 4.42 Å². The predicted molar refractivity (Wildman–Crippen MR) is 52.3 cm³/mol. The number of alkyl halides is 3. The van der Waals surface area contributed by atoms with E-state index in [0.29, 0.717) is 0 Å². The van der Waals surface area contributed by atoms with Crippen LogP contribution in [0.3, 0.4) is 0 Å². The van der Waals surface area contributed by atoms with Gasteiger partial charge in [0.25, 0.3) is 0 Å². The van der Waals surface area contributed by atoms with Gasteiger partial charge in [0.1, 0.15) is 6.26 Å². The Hall–Kier alpha value is -2.10. The molecule has 19 heavy (non-hydrogen) atoms. The molecular formula is C9H8F3N3O4. The van der Waals surface area contributed by atoms with Gasteiger partial charge in [-0.05, 0) is 0 Å². The first kappa shape index (κ1) is 13.3. The van der Waals surface area contributed by atoms with Crippen molar-refractivity contribution in [2.24, 2.45) is 5.92 Å². The number of aromatic nitrogens is 1. The zero-order chi connectivity index (χ0) is 14.0. The zero-order valence-electron chi connectivity index (χ0n) is 9.31. The van der Waals surface area contributed by atoms with E-state index in [1.54, 1.807) is 0 Å². The summed E-state index contributed by atoms with van der Waals surface area (Å²) >= 11 is 0. The Bertz CT molecular complexity index is 468. The third-order valence-electron chi connectivity index (χ3n) is 2.32. The van der Waals surface area contributed by atoms with Crippen LogP contribution in [0.1, 0.15) is 0 Å². The van der Waals surface area contributed by atoms with Gasteiger partial charge < -0.3 is 9.25 Å². The van der Waals surface area contributed by atoms with Crippen LogP contribution in [-0.2, 0) is 14.4 Å². The molecule has 0 atom stereocenters. The summed E-state index contributed by atoms with van der Waals surface area (Å²) in [6.07, 6.45) is -2.47. The minimum absolute atomic E-state index is 0.00395. The topological polar surface area (TPSA) is 84.7 Å². The molecule has 2 heterocycles. The molecule has 0 radical (unpaired) electrons. The molecule has 0 bridgehead atoms. The maximum absolute atomic E-state index is 11.9. The van der Waals surface area contributed by atoms with E-state index >= 15 is 0 Å². The van der Waals surface area contributed by atoms with E-state index in [1.807, 2.05) is 0 Å². The van der Waals surface area contributed by atoms with Crippen LogP contribution >= 0.6 is 0 Å². The number of nitrogens with zero attached hydrogens (tertiary/aromatic N) is 2. The summed E-state index contributed by atoms with van der Waals surface area (Å²) in [5.74, 6) is -3.37. The second kappa shape index (κ2) is 4.88. The molecule has 1 aliphatic rings. The third kappa shape index (κ3) is 3.22. The number of anilines is 1. The first-order valence-corrected chi connectivity index (χ1v) is 5.10. The highest BCUT2D eigenvalue weighted by molar-refractivity contribution is 5.91. The van der Waals surface area contributed by atoms with Crippen LogP contribution in [0.5, 0.6) is 0 Å². The number of hydroxylamine groups is 2. The Kier molecular flexibility index (Phi) is 3.42. The van der Waals surface area contributed by atoms with E-state index in [0.717, 1.165) is 5.06 Å². The molecular weight excluding hydrogens is 271 g/mol. The molecule has 0 aromatic carbocycles. The minimum Gasteiger partial charge on any atom is -0.432 e. The highest BCUT2D eigenvalue weighted by Gasteiger charge is 2.45. The number of rotatable bonds is 3. The van der Waals surface area contributed by atoms with Crippen molar-refractivity contribution in [2.75, 3.05) is 18.4 Å². The van der Waals surface area contributed by atoms with Gasteiger partial charge in [-0.1, -0.05) is 0 Å². The number of oxazole rings is 1. The molecule has 1 saturated heterocycles. The molecule has 1 aromatic rings. The van der Waals surface area contributed by atoms with Crippen molar-refractivity contribution in [1.29, 1.82) is 0 Å². The van der Waals surface area contributed by atoms with Gasteiger partial charge >= 0.3 is 18.2 Å². The van der Waals surface area contributed by atoms with Gasteiger partial charge in [0.15, 0.2) is 0 Å². The van der Waals surface area contributed by atoms with Crippen molar-refractivity contribution in [3.63, 3.8) is 0 Å². The molecule has 0 unspecified atom stereocenters. The molecule has 0 saturated carbocycles. The van der Waals surface area contributed by atoms with E-state index in [2.05, 4.69) is 15.1 Å². The molecule has 7 nitrogen and oxygen atoms in total. The number of carbonyl (C=O) groups is 2. The van der Waals surface area contributed by atoms with Gasteiger partial charge in [-0.15, -0.1) is 5.06 Å². The van der Waals surface area contributed by atoms with Crippen LogP contribution in [0.4, 0.5) is 19.2 Å². The largest absolute Gasteiger partial charge is 0.492 e. The molecule has 0 aliphatic carbocycles. The lowest BCUT2D eigenvalue weighted by Gasteiger charge is -2.35. The molecule has 0 spiro atoms. The summed E-state index contributed by atoms with van der Waals surface area (Å²) in [4.78, 5) is 29.7. The van der Waals surface area contributed by atoms with Crippen molar-refractivity contribution in [2.45, 2.75) is 6.18 Å². The van der Waals surface area contributed by atoms with Gasteiger partial charge in [0.2, 0.25) is 5.91 Å². The van der Waals surface area contributed by atoms with Crippen LogP contribution < -0.4 is 5.32 Å². The van der Waals surface area contributed by atoms with Crippen LogP contribution in [0.25, 0.3) is 0 Å². The molecule has 10 heteroatoms. The fourth-order valence-corrected chi connectivity index (χ4v) is 1.34. The quantitative estimate of drug-likeness (QED) is 0.870. The minimum atomic E-state index is -5.05. The summed E-state index contributed by atoms with van der Waals surface area (Å²) in [7, 11) is 0. The fourth-order valence-electron chi connectivity index (χ4n) is 1.34. The van der Waals surface area contributed by atoms with E-state index < -0.39 is 24.0 Å². The summed E-state index contributed by atoms with van der Waals surface area (Å²) in [5, 5.41) is 3.08. The van der Waals surface area contributed by atoms with Crippen molar-refractivity contribution in [3.8, 4) is 0 Å². The van der Waals surface area contributed by atoms with E-state index in [1.165, 1.54) is 12.5 Å². The van der Waals surface area contributed by atoms with E-state index in [-0.39, 0.29) is 19.1 Å². The average Bonchev–Trinajstić information content (AvgIpc) is 2.73. The Balaban J connectivity index is 1.74. The molecule has 1 amide bonds. The zero-order valence-corrected chi connectivity index (χ0v) is 9.31. The normalized spacial score (nSPS) is 16.8. The molecule has 1 aliphatic heterocycles. The third-order valence-corrected chi connectivity index (χ3v) is 2.32. The summed E-state index contributed by atoms with van der Waals surface area (Å²) in [6, 6.07) is -0.00395. The van der Waals surface area contributed by atoms with Crippen LogP contribution in [0, 0.1) is 5.92 Å². The maximum Gasteiger partial charge on any atom is 0.492 e. The van der Waals surface area contributed by atoms with Crippen LogP contribution in [0.2, 0.25) is 0 Å². The Morgan fingerprint density at radius 2 is 2.16 bits per heavy atom. The Labute approximate surface area is 104 Å². The fraction of sp³-hybridized carbons (Fsp3) is 0.444. The Morgan fingerprint density at radius 3 is 2.68 bits per heavy atom. The van der Waals surface area contributed by atoms with Gasteiger partial charge in [-0.25, -0.2) is 9.78 Å².